The van der Waals surface area contributed by atoms with Gasteiger partial charge in [-0.1, -0.05) is 0 Å². The van der Waals surface area contributed by atoms with E-state index in [4.69, 9.17) is 0 Å². The van der Waals surface area contributed by atoms with Crippen molar-refractivity contribution in [1.29, 1.82) is 0 Å². The maximum atomic E-state index is 13.1. The fourth-order valence-electron chi connectivity index (χ4n) is 3.65. The summed E-state index contributed by atoms with van der Waals surface area (Å²) in [6.45, 7) is 1.75. The molecule has 25 heavy (non-hydrogen) atoms. The van der Waals surface area contributed by atoms with Crippen LogP contribution in [0.4, 0.5) is 11.4 Å². The minimum Gasteiger partial charge on any atom is -0.367 e. The van der Waals surface area contributed by atoms with E-state index in [1.807, 2.05) is 6.26 Å². The zero-order valence-corrected chi connectivity index (χ0v) is 15.9. The highest BCUT2D eigenvalue weighted by Crippen LogP contribution is 2.36. The van der Waals surface area contributed by atoms with Crippen LogP contribution in [-0.2, 0) is 10.0 Å². The fourth-order valence-corrected chi connectivity index (χ4v) is 6.11. The Labute approximate surface area is 152 Å². The fraction of sp³-hybridized carbons (Fsp3) is 0.625. The molecule has 1 unspecified atom stereocenters. The Balaban J connectivity index is 2.07. The second kappa shape index (κ2) is 7.51. The third kappa shape index (κ3) is 3.63. The minimum absolute atomic E-state index is 0.0802. The van der Waals surface area contributed by atoms with Gasteiger partial charge in [-0.25, -0.2) is 8.42 Å². The molecule has 0 aromatic heterocycles. The Morgan fingerprint density at radius 1 is 1.24 bits per heavy atom. The number of non-ortho nitro benzene ring substituents is 1. The standard InChI is InChI=1S/C16H23N3O4S2/c1-24-12-14-5-4-10-18(14)15-7-6-13(19(20)21)11-16(15)25(22,23)17-8-2-3-9-17/h6-7,11,14H,2-5,8-10,12H2,1H3. The summed E-state index contributed by atoms with van der Waals surface area (Å²) >= 11 is 1.73. The highest BCUT2D eigenvalue weighted by atomic mass is 32.2. The molecule has 2 fully saturated rings. The smallest absolute Gasteiger partial charge is 0.270 e. The lowest BCUT2D eigenvalue weighted by molar-refractivity contribution is -0.385. The first-order chi connectivity index (χ1) is 11.9. The molecule has 1 aromatic rings. The summed E-state index contributed by atoms with van der Waals surface area (Å²) in [6, 6.07) is 4.52. The Bertz CT molecular complexity index is 748. The molecule has 0 N–H and O–H groups in total. The number of sulfonamides is 1. The van der Waals surface area contributed by atoms with E-state index in [0.29, 0.717) is 18.8 Å². The molecular formula is C16H23N3O4S2. The van der Waals surface area contributed by atoms with Crippen LogP contribution in [0.5, 0.6) is 0 Å². The van der Waals surface area contributed by atoms with E-state index >= 15 is 0 Å². The van der Waals surface area contributed by atoms with Crippen molar-refractivity contribution in [2.75, 3.05) is 36.5 Å². The van der Waals surface area contributed by atoms with Gasteiger partial charge in [0, 0.05) is 43.6 Å². The van der Waals surface area contributed by atoms with E-state index in [1.165, 1.54) is 16.4 Å². The van der Waals surface area contributed by atoms with Crippen LogP contribution in [-0.4, -0.2) is 55.3 Å². The van der Waals surface area contributed by atoms with Crippen LogP contribution >= 0.6 is 11.8 Å². The average Bonchev–Trinajstić information content (AvgIpc) is 3.26. The minimum atomic E-state index is -3.72. The van der Waals surface area contributed by atoms with Gasteiger partial charge in [0.25, 0.3) is 5.69 Å². The first kappa shape index (κ1) is 18.5. The molecule has 3 rings (SSSR count). The summed E-state index contributed by atoms with van der Waals surface area (Å²) in [5.74, 6) is 0.917. The molecular weight excluding hydrogens is 362 g/mol. The van der Waals surface area contributed by atoms with Gasteiger partial charge >= 0.3 is 0 Å². The van der Waals surface area contributed by atoms with Crippen LogP contribution in [0.3, 0.4) is 0 Å². The molecule has 0 amide bonds. The SMILES string of the molecule is CSCC1CCCN1c1ccc([N+](=O)[O-])cc1S(=O)(=O)N1CCCC1. The molecule has 2 aliphatic rings. The summed E-state index contributed by atoms with van der Waals surface area (Å²) in [5.41, 5.74) is 0.427. The molecule has 1 aromatic carbocycles. The molecule has 2 aliphatic heterocycles. The van der Waals surface area contributed by atoms with Crippen LogP contribution in [0.15, 0.2) is 23.1 Å². The normalized spacial score (nSPS) is 21.8. The number of nitrogens with zero attached hydrogens (tertiary/aromatic N) is 3. The molecule has 0 aliphatic carbocycles. The number of thioether (sulfide) groups is 1. The summed E-state index contributed by atoms with van der Waals surface area (Å²) < 4.78 is 27.7. The van der Waals surface area contributed by atoms with Crippen molar-refractivity contribution in [3.8, 4) is 0 Å². The topological polar surface area (TPSA) is 83.8 Å². The molecule has 0 spiro atoms. The van der Waals surface area contributed by atoms with Crippen LogP contribution in [0, 0.1) is 10.1 Å². The number of hydrogen-bond acceptors (Lipinski definition) is 6. The number of anilines is 1. The summed E-state index contributed by atoms with van der Waals surface area (Å²) in [6.07, 6.45) is 5.73. The lowest BCUT2D eigenvalue weighted by Crippen LogP contribution is -2.34. The number of nitro benzene ring substituents is 1. The van der Waals surface area contributed by atoms with E-state index in [2.05, 4.69) is 4.90 Å². The number of benzene rings is 1. The molecule has 138 valence electrons. The average molecular weight is 386 g/mol. The van der Waals surface area contributed by atoms with Crippen molar-refractivity contribution in [3.63, 3.8) is 0 Å². The van der Waals surface area contributed by atoms with Gasteiger partial charge in [0.2, 0.25) is 10.0 Å². The summed E-state index contributed by atoms with van der Waals surface area (Å²) in [5, 5.41) is 11.2. The van der Waals surface area contributed by atoms with Gasteiger partial charge in [-0.05, 0) is 38.0 Å². The van der Waals surface area contributed by atoms with Crippen molar-refractivity contribution in [3.05, 3.63) is 28.3 Å². The number of rotatable bonds is 6. The van der Waals surface area contributed by atoms with Gasteiger partial charge in [-0.2, -0.15) is 16.1 Å². The molecule has 2 saturated heterocycles. The van der Waals surface area contributed by atoms with Crippen LogP contribution < -0.4 is 4.90 Å². The van der Waals surface area contributed by atoms with Gasteiger partial charge in [0.1, 0.15) is 4.90 Å². The molecule has 9 heteroatoms. The molecule has 1 atom stereocenters. The number of hydrogen-bond donors (Lipinski definition) is 0. The van der Waals surface area contributed by atoms with E-state index in [1.54, 1.807) is 17.8 Å². The third-order valence-corrected chi connectivity index (χ3v) is 7.53. The van der Waals surface area contributed by atoms with E-state index in [0.717, 1.165) is 38.0 Å². The summed E-state index contributed by atoms with van der Waals surface area (Å²) in [4.78, 5) is 12.8. The first-order valence-electron chi connectivity index (χ1n) is 8.49. The lowest BCUT2D eigenvalue weighted by atomic mass is 10.2. The van der Waals surface area contributed by atoms with Crippen molar-refractivity contribution in [2.24, 2.45) is 0 Å². The quantitative estimate of drug-likeness (QED) is 0.553. The van der Waals surface area contributed by atoms with Gasteiger partial charge in [-0.3, -0.25) is 10.1 Å². The Morgan fingerprint density at radius 3 is 2.60 bits per heavy atom. The Hall–Kier alpha value is -1.32. The van der Waals surface area contributed by atoms with Crippen LogP contribution in [0.1, 0.15) is 25.7 Å². The van der Waals surface area contributed by atoms with Crippen molar-refractivity contribution < 1.29 is 13.3 Å². The van der Waals surface area contributed by atoms with Gasteiger partial charge in [0.05, 0.1) is 10.6 Å². The monoisotopic (exact) mass is 385 g/mol. The predicted octanol–water partition coefficient (Wildman–Crippen LogP) is 2.71. The van der Waals surface area contributed by atoms with Crippen LogP contribution in [0.2, 0.25) is 0 Å². The maximum absolute atomic E-state index is 13.1. The molecule has 0 radical (unpaired) electrons. The summed E-state index contributed by atoms with van der Waals surface area (Å²) in [7, 11) is -3.72. The first-order valence-corrected chi connectivity index (χ1v) is 11.3. The molecule has 7 nitrogen and oxygen atoms in total. The zero-order chi connectivity index (χ0) is 18.0. The Kier molecular flexibility index (Phi) is 5.55. The maximum Gasteiger partial charge on any atom is 0.270 e. The van der Waals surface area contributed by atoms with Crippen molar-refractivity contribution >= 4 is 33.2 Å². The van der Waals surface area contributed by atoms with Crippen molar-refractivity contribution in [1.82, 2.24) is 4.31 Å². The lowest BCUT2D eigenvalue weighted by Gasteiger charge is -2.29. The predicted molar refractivity (Wildman–Crippen MR) is 99.8 cm³/mol. The van der Waals surface area contributed by atoms with Crippen molar-refractivity contribution in [2.45, 2.75) is 36.6 Å². The van der Waals surface area contributed by atoms with E-state index < -0.39 is 14.9 Å². The van der Waals surface area contributed by atoms with Gasteiger partial charge < -0.3 is 4.90 Å². The largest absolute Gasteiger partial charge is 0.367 e. The zero-order valence-electron chi connectivity index (χ0n) is 14.3. The van der Waals surface area contributed by atoms with E-state index in [9.17, 15) is 18.5 Å². The molecule has 0 bridgehead atoms. The third-order valence-electron chi connectivity index (χ3n) is 4.88. The Morgan fingerprint density at radius 2 is 1.96 bits per heavy atom. The molecule has 0 saturated carbocycles. The van der Waals surface area contributed by atoms with Gasteiger partial charge in [-0.15, -0.1) is 0 Å². The highest BCUT2D eigenvalue weighted by Gasteiger charge is 2.35. The highest BCUT2D eigenvalue weighted by molar-refractivity contribution is 7.98. The van der Waals surface area contributed by atoms with Crippen LogP contribution in [0.25, 0.3) is 0 Å². The second-order valence-corrected chi connectivity index (χ2v) is 9.28. The second-order valence-electron chi connectivity index (χ2n) is 6.47. The molecule has 2 heterocycles. The van der Waals surface area contributed by atoms with Gasteiger partial charge in [0.15, 0.2) is 0 Å². The number of nitro groups is 1. The van der Waals surface area contributed by atoms with E-state index in [-0.39, 0.29) is 16.6 Å².